The smallest absolute Gasteiger partial charge is 0.225 e. The maximum atomic E-state index is 12.2. The number of amides is 1. The Kier molecular flexibility index (Phi) is 4.03. The van der Waals surface area contributed by atoms with Crippen molar-refractivity contribution >= 4 is 5.91 Å². The number of hydrogen-bond acceptors (Lipinski definition) is 4. The average Bonchev–Trinajstić information content (AvgIpc) is 2.73. The van der Waals surface area contributed by atoms with Crippen LogP contribution in [-0.2, 0) is 19.3 Å². The monoisotopic (exact) mass is 313 g/mol. The van der Waals surface area contributed by atoms with Crippen LogP contribution >= 0.6 is 0 Å². The van der Waals surface area contributed by atoms with E-state index >= 15 is 0 Å². The molecule has 1 aliphatic carbocycles. The van der Waals surface area contributed by atoms with E-state index in [1.54, 1.807) is 0 Å². The SMILES string of the molecule is CC.C[C@@H]1CC[C@H]2[C@@H](C)C(=O)NC3O[C@@]4(C)CC[C@@H]1C32OO4.[HH]. The summed E-state index contributed by atoms with van der Waals surface area (Å²) >= 11 is 0. The molecule has 4 saturated heterocycles. The van der Waals surface area contributed by atoms with Crippen molar-refractivity contribution in [2.24, 2.45) is 23.7 Å². The number of rotatable bonds is 0. The lowest BCUT2D eigenvalue weighted by Gasteiger charge is -2.58. The zero-order valence-corrected chi connectivity index (χ0v) is 14.3. The van der Waals surface area contributed by atoms with Gasteiger partial charge in [0.2, 0.25) is 11.7 Å². The standard InChI is InChI=1S/C15H23NO4.C2H6.H2/c1-8-4-5-11-9(2)12(17)16-13-15(11)10(8)6-7-14(3,18-13)19-20-15;1-2;/h8-11,13H,4-7H2,1-3H3,(H,16,17);1-2H3;1H/t8-,9-,10+,11+,13?,14-,15?;;/m1../s1. The molecule has 0 aromatic carbocycles. The fraction of sp³-hybridized carbons (Fsp3) is 0.941. The summed E-state index contributed by atoms with van der Waals surface area (Å²) in [6.45, 7) is 10.2. The number of fused-ring (bicyclic) bond motifs is 2. The minimum atomic E-state index is -0.731. The summed E-state index contributed by atoms with van der Waals surface area (Å²) in [6, 6.07) is 0. The van der Waals surface area contributed by atoms with Crippen molar-refractivity contribution < 1.29 is 20.7 Å². The minimum absolute atomic E-state index is 0. The maximum Gasteiger partial charge on any atom is 0.225 e. The van der Waals surface area contributed by atoms with Crippen LogP contribution in [0, 0.1) is 23.7 Å². The van der Waals surface area contributed by atoms with Crippen molar-refractivity contribution in [1.82, 2.24) is 5.32 Å². The lowest BCUT2D eigenvalue weighted by atomic mass is 9.57. The van der Waals surface area contributed by atoms with Crippen LogP contribution in [0.3, 0.4) is 0 Å². The van der Waals surface area contributed by atoms with Crippen LogP contribution in [0.2, 0.25) is 0 Å². The molecule has 128 valence electrons. The number of carbonyl (C=O) groups is 1. The second-order valence-electron chi connectivity index (χ2n) is 7.26. The highest BCUT2D eigenvalue weighted by molar-refractivity contribution is 5.80. The van der Waals surface area contributed by atoms with Gasteiger partial charge < -0.3 is 10.1 Å². The largest absolute Gasteiger partial charge is 0.328 e. The van der Waals surface area contributed by atoms with E-state index in [9.17, 15) is 4.79 Å². The fourth-order valence-corrected chi connectivity index (χ4v) is 4.92. The van der Waals surface area contributed by atoms with E-state index in [0.29, 0.717) is 11.8 Å². The molecule has 1 saturated carbocycles. The lowest BCUT2D eigenvalue weighted by Crippen LogP contribution is -2.74. The second-order valence-corrected chi connectivity index (χ2v) is 7.26. The third kappa shape index (κ3) is 2.05. The zero-order valence-electron chi connectivity index (χ0n) is 14.3. The highest BCUT2D eigenvalue weighted by Crippen LogP contribution is 2.58. The molecule has 1 spiro atoms. The van der Waals surface area contributed by atoms with Crippen molar-refractivity contribution in [3.05, 3.63) is 0 Å². The van der Waals surface area contributed by atoms with Gasteiger partial charge >= 0.3 is 0 Å². The maximum absolute atomic E-state index is 12.2. The predicted molar refractivity (Wildman–Crippen MR) is 83.6 cm³/mol. The third-order valence-corrected chi connectivity index (χ3v) is 6.12. The van der Waals surface area contributed by atoms with Crippen LogP contribution in [0.25, 0.3) is 0 Å². The van der Waals surface area contributed by atoms with Gasteiger partial charge in [-0.15, -0.1) is 0 Å². The Hall–Kier alpha value is -0.650. The van der Waals surface area contributed by atoms with Gasteiger partial charge in [0.15, 0.2) is 11.8 Å². The molecule has 0 radical (unpaired) electrons. The van der Waals surface area contributed by atoms with Crippen LogP contribution in [0.5, 0.6) is 0 Å². The van der Waals surface area contributed by atoms with Gasteiger partial charge in [-0.1, -0.05) is 27.7 Å². The third-order valence-electron chi connectivity index (χ3n) is 6.12. The fourth-order valence-electron chi connectivity index (χ4n) is 4.92. The van der Waals surface area contributed by atoms with E-state index < -0.39 is 11.4 Å². The average molecular weight is 313 g/mol. The molecular weight excluding hydrogens is 282 g/mol. The Bertz CT molecular complexity index is 462. The number of nitrogens with one attached hydrogen (secondary N) is 1. The Labute approximate surface area is 134 Å². The summed E-state index contributed by atoms with van der Waals surface area (Å²) in [7, 11) is 0. The van der Waals surface area contributed by atoms with Gasteiger partial charge in [0.1, 0.15) is 0 Å². The molecule has 2 unspecified atom stereocenters. The summed E-state index contributed by atoms with van der Waals surface area (Å²) in [5.41, 5.74) is -0.499. The van der Waals surface area contributed by atoms with Gasteiger partial charge in [0, 0.05) is 19.7 Å². The number of hydrogen-bond donors (Lipinski definition) is 1. The molecule has 5 nitrogen and oxygen atoms in total. The van der Waals surface area contributed by atoms with Gasteiger partial charge in [-0.3, -0.25) is 4.79 Å². The first-order chi connectivity index (χ1) is 10.5. The molecule has 1 N–H and O–H groups in total. The van der Waals surface area contributed by atoms with Crippen LogP contribution in [0.15, 0.2) is 0 Å². The summed E-state index contributed by atoms with van der Waals surface area (Å²) in [4.78, 5) is 23.9. The van der Waals surface area contributed by atoms with Gasteiger partial charge in [0.25, 0.3) is 0 Å². The van der Waals surface area contributed by atoms with E-state index in [-0.39, 0.29) is 25.4 Å². The molecule has 5 aliphatic rings. The van der Waals surface area contributed by atoms with Crippen molar-refractivity contribution in [1.29, 1.82) is 0 Å². The van der Waals surface area contributed by atoms with Crippen molar-refractivity contribution in [2.45, 2.75) is 77.9 Å². The molecule has 0 aromatic rings. The highest BCUT2D eigenvalue weighted by atomic mass is 17.3. The number of carbonyl (C=O) groups excluding carboxylic acids is 1. The molecule has 4 aliphatic heterocycles. The molecule has 4 heterocycles. The van der Waals surface area contributed by atoms with Crippen LogP contribution in [0.4, 0.5) is 0 Å². The van der Waals surface area contributed by atoms with Gasteiger partial charge in [0.05, 0.1) is 0 Å². The summed E-state index contributed by atoms with van der Waals surface area (Å²) in [5.74, 6) is 0.452. The van der Waals surface area contributed by atoms with Crippen molar-refractivity contribution in [3.63, 3.8) is 0 Å². The Balaban J connectivity index is 0.000000617. The predicted octanol–water partition coefficient (Wildman–Crippen LogP) is 3.24. The Morgan fingerprint density at radius 3 is 2.59 bits per heavy atom. The van der Waals surface area contributed by atoms with Crippen molar-refractivity contribution in [2.75, 3.05) is 0 Å². The molecular formula is C17H31NO4. The summed E-state index contributed by atoms with van der Waals surface area (Å²) in [5, 5.41) is 3.04. The van der Waals surface area contributed by atoms with E-state index in [1.165, 1.54) is 0 Å². The molecule has 2 bridgehead atoms. The number of ether oxygens (including phenoxy) is 1. The van der Waals surface area contributed by atoms with E-state index in [4.69, 9.17) is 14.5 Å². The first kappa shape index (κ1) is 16.2. The molecule has 1 amide bonds. The first-order valence-corrected chi connectivity index (χ1v) is 8.81. The highest BCUT2D eigenvalue weighted by Gasteiger charge is 2.68. The quantitative estimate of drug-likeness (QED) is 0.698. The second kappa shape index (κ2) is 5.46. The molecule has 0 aromatic heterocycles. The molecule has 5 heteroatoms. The van der Waals surface area contributed by atoms with E-state index in [1.807, 2.05) is 27.7 Å². The molecule has 5 rings (SSSR count). The van der Waals surface area contributed by atoms with Crippen molar-refractivity contribution in [3.8, 4) is 0 Å². The molecule has 22 heavy (non-hydrogen) atoms. The Morgan fingerprint density at radius 1 is 1.14 bits per heavy atom. The summed E-state index contributed by atoms with van der Waals surface area (Å²) in [6.07, 6.45) is 3.64. The zero-order chi connectivity index (χ0) is 16.1. The number of piperidine rings is 1. The normalized spacial score (nSPS) is 52.8. The van der Waals surface area contributed by atoms with Crippen LogP contribution in [0.1, 0.15) is 61.7 Å². The van der Waals surface area contributed by atoms with Crippen LogP contribution < -0.4 is 5.32 Å². The van der Waals surface area contributed by atoms with Crippen LogP contribution in [-0.4, -0.2) is 23.5 Å². The van der Waals surface area contributed by atoms with Gasteiger partial charge in [-0.2, -0.15) is 0 Å². The molecule has 5 fully saturated rings. The van der Waals surface area contributed by atoms with Gasteiger partial charge in [-0.05, 0) is 38.0 Å². The summed E-state index contributed by atoms with van der Waals surface area (Å²) < 4.78 is 6.12. The topological polar surface area (TPSA) is 56.8 Å². The molecule has 7 atom stereocenters. The van der Waals surface area contributed by atoms with E-state index in [2.05, 4.69) is 12.2 Å². The minimum Gasteiger partial charge on any atom is -0.328 e. The Morgan fingerprint density at radius 2 is 1.86 bits per heavy atom. The van der Waals surface area contributed by atoms with Gasteiger partial charge in [-0.25, -0.2) is 9.78 Å². The first-order valence-electron chi connectivity index (χ1n) is 8.81. The van der Waals surface area contributed by atoms with E-state index in [0.717, 1.165) is 25.7 Å². The lowest BCUT2D eigenvalue weighted by molar-refractivity contribution is -0.538.